The van der Waals surface area contributed by atoms with Crippen LogP contribution in [0.15, 0.2) is 36.7 Å². The molecule has 0 atom stereocenters. The van der Waals surface area contributed by atoms with Crippen molar-refractivity contribution in [3.8, 4) is 0 Å². The molecule has 0 unspecified atom stereocenters. The van der Waals surface area contributed by atoms with Crippen LogP contribution in [0.5, 0.6) is 0 Å². The Morgan fingerprint density at radius 1 is 1.31 bits per heavy atom. The topological polar surface area (TPSA) is 50.2 Å². The van der Waals surface area contributed by atoms with Crippen molar-refractivity contribution in [1.82, 2.24) is 14.5 Å². The number of carbonyl (C=O) groups excluding carboxylic acids is 1. The number of nitrogens with one attached hydrogen (secondary N) is 1. The maximum Gasteiger partial charge on any atom is 0.242 e. The van der Waals surface area contributed by atoms with Crippen LogP contribution >= 0.6 is 0 Å². The quantitative estimate of drug-likeness (QED) is 0.753. The first-order valence-corrected chi connectivity index (χ1v) is 8.62. The first kappa shape index (κ1) is 17.9. The number of benzene rings is 1. The number of nitrogens with zero attached hydrogens (tertiary/aromatic N) is 3. The van der Waals surface area contributed by atoms with Gasteiger partial charge < -0.3 is 14.8 Å². The van der Waals surface area contributed by atoms with Gasteiger partial charge in [0.15, 0.2) is 0 Å². The molecule has 1 amide bonds. The van der Waals surface area contributed by atoms with E-state index in [9.17, 15) is 9.18 Å². The van der Waals surface area contributed by atoms with Crippen LogP contribution in [0.1, 0.15) is 18.1 Å². The van der Waals surface area contributed by atoms with Crippen LogP contribution in [-0.2, 0) is 11.3 Å². The SMILES string of the molecule is CCN(C)C(=O)Cn1ccc2c(Nc3c(C)cc(C)cc3F)nccc21. The lowest BCUT2D eigenvalue weighted by atomic mass is 10.1. The van der Waals surface area contributed by atoms with Crippen molar-refractivity contribution in [2.24, 2.45) is 0 Å². The summed E-state index contributed by atoms with van der Waals surface area (Å²) >= 11 is 0. The van der Waals surface area contributed by atoms with Crippen molar-refractivity contribution >= 4 is 28.3 Å². The molecule has 0 spiro atoms. The lowest BCUT2D eigenvalue weighted by Gasteiger charge is -2.15. The third kappa shape index (κ3) is 3.40. The molecule has 0 aliphatic heterocycles. The van der Waals surface area contributed by atoms with Crippen molar-refractivity contribution in [2.75, 3.05) is 18.9 Å². The van der Waals surface area contributed by atoms with Crippen LogP contribution in [0.3, 0.4) is 0 Å². The average Bonchev–Trinajstić information content (AvgIpc) is 3.01. The van der Waals surface area contributed by atoms with E-state index in [1.165, 1.54) is 6.07 Å². The average molecular weight is 354 g/mol. The molecular formula is C20H23FN4O. The summed E-state index contributed by atoms with van der Waals surface area (Å²) in [5.74, 6) is 0.306. The highest BCUT2D eigenvalue weighted by Crippen LogP contribution is 2.29. The monoisotopic (exact) mass is 354 g/mol. The molecule has 0 fully saturated rings. The second kappa shape index (κ2) is 7.15. The van der Waals surface area contributed by atoms with E-state index in [0.717, 1.165) is 22.0 Å². The fraction of sp³-hybridized carbons (Fsp3) is 0.300. The number of aromatic nitrogens is 2. The normalized spacial score (nSPS) is 11.0. The van der Waals surface area contributed by atoms with Gasteiger partial charge in [0, 0.05) is 31.4 Å². The number of hydrogen-bond acceptors (Lipinski definition) is 3. The van der Waals surface area contributed by atoms with Crippen LogP contribution in [0.2, 0.25) is 0 Å². The zero-order chi connectivity index (χ0) is 18.8. The minimum absolute atomic E-state index is 0.0387. The van der Waals surface area contributed by atoms with Gasteiger partial charge in [-0.1, -0.05) is 6.07 Å². The van der Waals surface area contributed by atoms with Gasteiger partial charge in [0.25, 0.3) is 0 Å². The number of hydrogen-bond donors (Lipinski definition) is 1. The van der Waals surface area contributed by atoms with Gasteiger partial charge in [0.05, 0.1) is 11.2 Å². The molecule has 0 radical (unpaired) electrons. The van der Waals surface area contributed by atoms with Crippen LogP contribution in [0.25, 0.3) is 10.9 Å². The second-order valence-corrected chi connectivity index (χ2v) is 6.51. The van der Waals surface area contributed by atoms with Crippen molar-refractivity contribution < 1.29 is 9.18 Å². The number of anilines is 2. The van der Waals surface area contributed by atoms with Gasteiger partial charge in [-0.05, 0) is 50.1 Å². The number of likely N-dealkylation sites (N-methyl/N-ethyl adjacent to an activating group) is 1. The van der Waals surface area contributed by atoms with E-state index in [1.807, 2.05) is 49.7 Å². The molecule has 1 aromatic carbocycles. The zero-order valence-corrected chi connectivity index (χ0v) is 15.5. The molecule has 3 aromatic rings. The first-order chi connectivity index (χ1) is 12.4. The third-order valence-electron chi connectivity index (χ3n) is 4.58. The highest BCUT2D eigenvalue weighted by atomic mass is 19.1. The van der Waals surface area contributed by atoms with Crippen LogP contribution in [0, 0.1) is 19.7 Å². The van der Waals surface area contributed by atoms with Gasteiger partial charge in [-0.2, -0.15) is 0 Å². The smallest absolute Gasteiger partial charge is 0.242 e. The van der Waals surface area contributed by atoms with E-state index in [4.69, 9.17) is 0 Å². The van der Waals surface area contributed by atoms with E-state index in [2.05, 4.69) is 10.3 Å². The van der Waals surface area contributed by atoms with Crippen molar-refractivity contribution in [2.45, 2.75) is 27.3 Å². The fourth-order valence-electron chi connectivity index (χ4n) is 3.00. The molecule has 1 N–H and O–H groups in total. The Balaban J connectivity index is 1.96. The predicted molar refractivity (Wildman–Crippen MR) is 102 cm³/mol. The van der Waals surface area contributed by atoms with Gasteiger partial charge >= 0.3 is 0 Å². The molecule has 0 aliphatic carbocycles. The lowest BCUT2D eigenvalue weighted by Crippen LogP contribution is -2.29. The molecule has 26 heavy (non-hydrogen) atoms. The van der Waals surface area contributed by atoms with Gasteiger partial charge in [0.2, 0.25) is 5.91 Å². The maximum atomic E-state index is 14.4. The Hall–Kier alpha value is -2.89. The third-order valence-corrected chi connectivity index (χ3v) is 4.58. The lowest BCUT2D eigenvalue weighted by molar-refractivity contribution is -0.130. The number of amides is 1. The van der Waals surface area contributed by atoms with Crippen molar-refractivity contribution in [3.05, 3.63) is 53.6 Å². The van der Waals surface area contributed by atoms with E-state index in [-0.39, 0.29) is 18.3 Å². The van der Waals surface area contributed by atoms with Crippen LogP contribution in [0.4, 0.5) is 15.9 Å². The standard InChI is InChI=1S/C20H23FN4O/c1-5-24(4)18(26)12-25-9-7-15-17(25)6-8-22-20(15)23-19-14(3)10-13(2)11-16(19)21/h6-11H,5,12H2,1-4H3,(H,22,23). The molecule has 0 aliphatic rings. The summed E-state index contributed by atoms with van der Waals surface area (Å²) in [6, 6.07) is 7.18. The molecule has 0 saturated heterocycles. The number of carbonyl (C=O) groups is 1. The number of fused-ring (bicyclic) bond motifs is 1. The molecule has 2 heterocycles. The molecule has 5 nitrogen and oxygen atoms in total. The summed E-state index contributed by atoms with van der Waals surface area (Å²) < 4.78 is 16.2. The summed E-state index contributed by atoms with van der Waals surface area (Å²) in [5.41, 5.74) is 3.00. The van der Waals surface area contributed by atoms with E-state index in [1.54, 1.807) is 18.1 Å². The molecule has 2 aromatic heterocycles. The van der Waals surface area contributed by atoms with Gasteiger partial charge in [0.1, 0.15) is 18.2 Å². The highest BCUT2D eigenvalue weighted by Gasteiger charge is 2.14. The number of aryl methyl sites for hydroxylation is 2. The fourth-order valence-corrected chi connectivity index (χ4v) is 3.00. The summed E-state index contributed by atoms with van der Waals surface area (Å²) in [6.07, 6.45) is 3.52. The number of pyridine rings is 1. The van der Waals surface area contributed by atoms with Gasteiger partial charge in [-0.3, -0.25) is 4.79 Å². The molecule has 6 heteroatoms. The van der Waals surface area contributed by atoms with Crippen molar-refractivity contribution in [1.29, 1.82) is 0 Å². The van der Waals surface area contributed by atoms with E-state index < -0.39 is 0 Å². The summed E-state index contributed by atoms with van der Waals surface area (Å²) in [4.78, 5) is 18.2. The summed E-state index contributed by atoms with van der Waals surface area (Å²) in [7, 11) is 1.78. The number of halogens is 1. The summed E-state index contributed by atoms with van der Waals surface area (Å²) in [5, 5.41) is 3.96. The Morgan fingerprint density at radius 2 is 2.08 bits per heavy atom. The van der Waals surface area contributed by atoms with Crippen LogP contribution in [-0.4, -0.2) is 34.0 Å². The van der Waals surface area contributed by atoms with E-state index in [0.29, 0.717) is 18.1 Å². The Morgan fingerprint density at radius 3 is 2.77 bits per heavy atom. The highest BCUT2D eigenvalue weighted by molar-refractivity contribution is 5.93. The van der Waals surface area contributed by atoms with Gasteiger partial charge in [-0.25, -0.2) is 9.37 Å². The Kier molecular flexibility index (Phi) is 4.93. The Bertz CT molecular complexity index is 941. The molecule has 3 rings (SSSR count). The predicted octanol–water partition coefficient (Wildman–Crippen LogP) is 4.01. The minimum Gasteiger partial charge on any atom is -0.344 e. The number of rotatable bonds is 5. The second-order valence-electron chi connectivity index (χ2n) is 6.51. The van der Waals surface area contributed by atoms with E-state index >= 15 is 0 Å². The first-order valence-electron chi connectivity index (χ1n) is 8.62. The Labute approximate surface area is 152 Å². The largest absolute Gasteiger partial charge is 0.344 e. The van der Waals surface area contributed by atoms with Crippen molar-refractivity contribution in [3.63, 3.8) is 0 Å². The minimum atomic E-state index is -0.305. The zero-order valence-electron chi connectivity index (χ0n) is 15.5. The summed E-state index contributed by atoms with van der Waals surface area (Å²) in [6.45, 7) is 6.59. The molecular weight excluding hydrogens is 331 g/mol. The van der Waals surface area contributed by atoms with Gasteiger partial charge in [-0.15, -0.1) is 0 Å². The maximum absolute atomic E-state index is 14.4. The molecule has 0 saturated carbocycles. The molecule has 136 valence electrons. The molecule has 0 bridgehead atoms. The van der Waals surface area contributed by atoms with Crippen LogP contribution < -0.4 is 5.32 Å².